The van der Waals surface area contributed by atoms with Crippen molar-refractivity contribution in [3.63, 3.8) is 0 Å². The third-order valence-electron chi connectivity index (χ3n) is 3.58. The van der Waals surface area contributed by atoms with Crippen LogP contribution in [0.15, 0.2) is 30.3 Å². The van der Waals surface area contributed by atoms with Gasteiger partial charge in [0.2, 0.25) is 11.8 Å². The molecule has 1 aromatic carbocycles. The summed E-state index contributed by atoms with van der Waals surface area (Å²) in [6.07, 6.45) is 0.376. The normalized spacial score (nSPS) is 18.0. The van der Waals surface area contributed by atoms with Crippen LogP contribution in [0.25, 0.3) is 0 Å². The van der Waals surface area contributed by atoms with Gasteiger partial charge in [-0.15, -0.1) is 0 Å². The molecule has 0 aliphatic carbocycles. The molecule has 1 atom stereocenters. The largest absolute Gasteiger partial charge is 0.343 e. The Morgan fingerprint density at radius 1 is 1.22 bits per heavy atom. The molecule has 0 radical (unpaired) electrons. The Morgan fingerprint density at radius 2 is 1.91 bits per heavy atom. The number of Topliss-reactive ketones (excluding diaryl/α,β-unsaturated/α-hetero) is 1. The number of carbonyl (C=O) groups is 4. The number of piperidine rings is 1. The van der Waals surface area contributed by atoms with E-state index in [-0.39, 0.29) is 37.6 Å². The molecular formula is C16H19N3O4. The monoisotopic (exact) mass is 317 g/mol. The molecule has 1 aliphatic rings. The van der Waals surface area contributed by atoms with Gasteiger partial charge in [-0.05, 0) is 13.5 Å². The van der Waals surface area contributed by atoms with E-state index >= 15 is 0 Å². The van der Waals surface area contributed by atoms with Crippen LogP contribution in [0.2, 0.25) is 0 Å². The van der Waals surface area contributed by atoms with E-state index in [4.69, 9.17) is 0 Å². The Morgan fingerprint density at radius 3 is 2.57 bits per heavy atom. The zero-order valence-corrected chi connectivity index (χ0v) is 12.9. The Labute approximate surface area is 134 Å². The van der Waals surface area contributed by atoms with Gasteiger partial charge < -0.3 is 10.6 Å². The third kappa shape index (κ3) is 4.23. The molecule has 0 spiro atoms. The average Bonchev–Trinajstić information content (AvgIpc) is 2.55. The van der Waals surface area contributed by atoms with Gasteiger partial charge in [0, 0.05) is 12.0 Å². The molecule has 3 amide bonds. The van der Waals surface area contributed by atoms with E-state index in [0.29, 0.717) is 5.56 Å². The number of nitrogens with zero attached hydrogens (tertiary/aromatic N) is 1. The van der Waals surface area contributed by atoms with Crippen molar-refractivity contribution in [2.75, 3.05) is 20.1 Å². The van der Waals surface area contributed by atoms with Crippen molar-refractivity contribution in [3.05, 3.63) is 35.9 Å². The SMILES string of the molecule is CNCC(=O)NC1CCC(=O)N(CC(=O)c2ccccc2)C1=O. The number of hydrogen-bond donors (Lipinski definition) is 2. The number of ketones is 1. The zero-order valence-electron chi connectivity index (χ0n) is 12.9. The molecule has 7 heteroatoms. The summed E-state index contributed by atoms with van der Waals surface area (Å²) in [7, 11) is 1.62. The average molecular weight is 317 g/mol. The van der Waals surface area contributed by atoms with Crippen molar-refractivity contribution >= 4 is 23.5 Å². The van der Waals surface area contributed by atoms with E-state index in [9.17, 15) is 19.2 Å². The molecule has 2 rings (SSSR count). The molecule has 1 saturated heterocycles. The number of likely N-dealkylation sites (tertiary alicyclic amines) is 1. The first kappa shape index (κ1) is 16.8. The van der Waals surface area contributed by atoms with Crippen molar-refractivity contribution in [1.29, 1.82) is 0 Å². The fourth-order valence-electron chi connectivity index (χ4n) is 2.40. The van der Waals surface area contributed by atoms with Crippen molar-refractivity contribution in [3.8, 4) is 0 Å². The van der Waals surface area contributed by atoms with Gasteiger partial charge >= 0.3 is 0 Å². The molecule has 7 nitrogen and oxygen atoms in total. The second-order valence-electron chi connectivity index (χ2n) is 5.30. The topological polar surface area (TPSA) is 95.6 Å². The summed E-state index contributed by atoms with van der Waals surface area (Å²) < 4.78 is 0. The number of rotatable bonds is 6. The van der Waals surface area contributed by atoms with Crippen LogP contribution in [0.1, 0.15) is 23.2 Å². The molecule has 0 aromatic heterocycles. The van der Waals surface area contributed by atoms with E-state index in [1.165, 1.54) is 0 Å². The highest BCUT2D eigenvalue weighted by molar-refractivity contribution is 6.07. The van der Waals surface area contributed by atoms with Crippen LogP contribution in [0, 0.1) is 0 Å². The summed E-state index contributed by atoms with van der Waals surface area (Å²) in [5.74, 6) is -1.56. The third-order valence-corrected chi connectivity index (χ3v) is 3.58. The lowest BCUT2D eigenvalue weighted by Crippen LogP contribution is -2.56. The molecule has 1 aliphatic heterocycles. The quantitative estimate of drug-likeness (QED) is 0.556. The fourth-order valence-corrected chi connectivity index (χ4v) is 2.40. The number of imide groups is 1. The van der Waals surface area contributed by atoms with Crippen LogP contribution < -0.4 is 10.6 Å². The maximum atomic E-state index is 12.4. The van der Waals surface area contributed by atoms with E-state index < -0.39 is 17.9 Å². The summed E-state index contributed by atoms with van der Waals surface area (Å²) in [6.45, 7) is -0.221. The van der Waals surface area contributed by atoms with E-state index in [1.807, 2.05) is 0 Å². The molecule has 1 unspecified atom stereocenters. The van der Waals surface area contributed by atoms with Crippen LogP contribution in [-0.2, 0) is 14.4 Å². The number of hydrogen-bond acceptors (Lipinski definition) is 5. The van der Waals surface area contributed by atoms with Crippen LogP contribution in [0.4, 0.5) is 0 Å². The Bertz CT molecular complexity index is 615. The van der Waals surface area contributed by atoms with Gasteiger partial charge in [0.15, 0.2) is 5.78 Å². The van der Waals surface area contributed by atoms with Crippen molar-refractivity contribution in [2.24, 2.45) is 0 Å². The van der Waals surface area contributed by atoms with Crippen molar-refractivity contribution in [2.45, 2.75) is 18.9 Å². The first-order valence-electron chi connectivity index (χ1n) is 7.39. The van der Waals surface area contributed by atoms with Crippen molar-refractivity contribution in [1.82, 2.24) is 15.5 Å². The van der Waals surface area contributed by atoms with Crippen LogP contribution in [0.5, 0.6) is 0 Å². The molecule has 23 heavy (non-hydrogen) atoms. The van der Waals surface area contributed by atoms with Crippen molar-refractivity contribution < 1.29 is 19.2 Å². The number of amides is 3. The van der Waals surface area contributed by atoms with Crippen LogP contribution in [0.3, 0.4) is 0 Å². The molecular weight excluding hydrogens is 298 g/mol. The van der Waals surface area contributed by atoms with Gasteiger partial charge in [0.05, 0.1) is 13.1 Å². The smallest absolute Gasteiger partial charge is 0.252 e. The predicted octanol–water partition coefficient (Wildman–Crippen LogP) is -0.277. The predicted molar refractivity (Wildman–Crippen MR) is 82.6 cm³/mol. The van der Waals surface area contributed by atoms with Crippen LogP contribution >= 0.6 is 0 Å². The maximum Gasteiger partial charge on any atom is 0.252 e. The van der Waals surface area contributed by atoms with E-state index in [0.717, 1.165) is 4.90 Å². The fraction of sp³-hybridized carbons (Fsp3) is 0.375. The van der Waals surface area contributed by atoms with E-state index in [2.05, 4.69) is 10.6 Å². The number of likely N-dealkylation sites (N-methyl/N-ethyl adjacent to an activating group) is 1. The Kier molecular flexibility index (Phi) is 5.59. The van der Waals surface area contributed by atoms with Gasteiger partial charge in [-0.1, -0.05) is 30.3 Å². The lowest BCUT2D eigenvalue weighted by molar-refractivity contribution is -0.150. The zero-order chi connectivity index (χ0) is 16.8. The van der Waals surface area contributed by atoms with Gasteiger partial charge in [0.1, 0.15) is 6.04 Å². The summed E-state index contributed by atoms with van der Waals surface area (Å²) >= 11 is 0. The second kappa shape index (κ2) is 7.64. The summed E-state index contributed by atoms with van der Waals surface area (Å²) in [6, 6.07) is 7.71. The lowest BCUT2D eigenvalue weighted by Gasteiger charge is -2.30. The molecule has 1 fully saturated rings. The minimum absolute atomic E-state index is 0.0840. The van der Waals surface area contributed by atoms with E-state index in [1.54, 1.807) is 37.4 Å². The van der Waals surface area contributed by atoms with Gasteiger partial charge in [-0.25, -0.2) is 0 Å². The number of carbonyl (C=O) groups excluding carboxylic acids is 4. The highest BCUT2D eigenvalue weighted by Gasteiger charge is 2.36. The minimum Gasteiger partial charge on any atom is -0.343 e. The number of nitrogens with one attached hydrogen (secondary N) is 2. The van der Waals surface area contributed by atoms with Gasteiger partial charge in [-0.2, -0.15) is 0 Å². The standard InChI is InChI=1S/C16H19N3O4/c1-17-9-14(21)18-12-7-8-15(22)19(16(12)23)10-13(20)11-5-3-2-4-6-11/h2-6,12,17H,7-10H2,1H3,(H,18,21). The summed E-state index contributed by atoms with van der Waals surface area (Å²) in [5.41, 5.74) is 0.439. The highest BCUT2D eigenvalue weighted by Crippen LogP contribution is 2.14. The van der Waals surface area contributed by atoms with Gasteiger partial charge in [-0.3, -0.25) is 24.1 Å². The maximum absolute atomic E-state index is 12.4. The first-order chi connectivity index (χ1) is 11.0. The lowest BCUT2D eigenvalue weighted by atomic mass is 10.0. The van der Waals surface area contributed by atoms with Gasteiger partial charge in [0.25, 0.3) is 5.91 Å². The van der Waals surface area contributed by atoms with Crippen LogP contribution in [-0.4, -0.2) is 54.6 Å². The second-order valence-corrected chi connectivity index (χ2v) is 5.30. The highest BCUT2D eigenvalue weighted by atomic mass is 16.2. The summed E-state index contributed by atoms with van der Waals surface area (Å²) in [4.78, 5) is 49.0. The minimum atomic E-state index is -0.767. The molecule has 1 aromatic rings. The molecule has 0 bridgehead atoms. The molecule has 1 heterocycles. The summed E-state index contributed by atoms with van der Waals surface area (Å²) in [5, 5.41) is 5.26. The Balaban J connectivity index is 2.04. The first-order valence-corrected chi connectivity index (χ1v) is 7.39. The molecule has 0 saturated carbocycles. The Hall–Kier alpha value is -2.54. The molecule has 2 N–H and O–H groups in total. The number of benzene rings is 1. The molecule has 122 valence electrons.